The summed E-state index contributed by atoms with van der Waals surface area (Å²) < 4.78 is 0. The molecule has 118 valence electrons. The second kappa shape index (κ2) is 7.88. The zero-order valence-corrected chi connectivity index (χ0v) is 13.0. The highest BCUT2D eigenvalue weighted by molar-refractivity contribution is 5.82. The van der Waals surface area contributed by atoms with Gasteiger partial charge in [0.2, 0.25) is 5.91 Å². The molecule has 0 aliphatic heterocycles. The van der Waals surface area contributed by atoms with Gasteiger partial charge >= 0.3 is 0 Å². The Balaban J connectivity index is 2.52. The van der Waals surface area contributed by atoms with E-state index < -0.39 is 6.04 Å². The summed E-state index contributed by atoms with van der Waals surface area (Å²) in [7, 11) is 0. The normalized spacial score (nSPS) is 15.2. The highest BCUT2D eigenvalue weighted by Crippen LogP contribution is 2.25. The van der Waals surface area contributed by atoms with Crippen LogP contribution in [0.3, 0.4) is 0 Å². The third-order valence-electron chi connectivity index (χ3n) is 3.67. The number of hydrogen-bond donors (Lipinski definition) is 4. The number of nitrogens with two attached hydrogens (primary N) is 1. The summed E-state index contributed by atoms with van der Waals surface area (Å²) in [5, 5.41) is 21.6. The topological polar surface area (TPSA) is 95.6 Å². The van der Waals surface area contributed by atoms with Crippen molar-refractivity contribution >= 4 is 5.91 Å². The Morgan fingerprint density at radius 3 is 2.52 bits per heavy atom. The van der Waals surface area contributed by atoms with E-state index in [1.807, 2.05) is 6.92 Å². The largest absolute Gasteiger partial charge is 0.504 e. The first-order chi connectivity index (χ1) is 9.83. The molecule has 0 bridgehead atoms. The van der Waals surface area contributed by atoms with Crippen molar-refractivity contribution in [2.24, 2.45) is 11.7 Å². The third kappa shape index (κ3) is 5.63. The lowest BCUT2D eigenvalue weighted by Crippen LogP contribution is -2.45. The molecule has 3 atom stereocenters. The summed E-state index contributed by atoms with van der Waals surface area (Å²) in [5.74, 6) is -0.0202. The van der Waals surface area contributed by atoms with Gasteiger partial charge in [-0.05, 0) is 43.4 Å². The Hall–Kier alpha value is -1.75. The first kappa shape index (κ1) is 17.3. The monoisotopic (exact) mass is 294 g/mol. The number of rotatable bonds is 7. The second-order valence-electron chi connectivity index (χ2n) is 5.79. The van der Waals surface area contributed by atoms with Crippen LogP contribution < -0.4 is 11.1 Å². The predicted octanol–water partition coefficient (Wildman–Crippen LogP) is 1.91. The molecule has 0 aliphatic carbocycles. The minimum Gasteiger partial charge on any atom is -0.504 e. The first-order valence-corrected chi connectivity index (χ1v) is 7.40. The molecule has 0 aromatic heterocycles. The molecular formula is C16H26N2O3. The van der Waals surface area contributed by atoms with Gasteiger partial charge in [-0.1, -0.05) is 26.3 Å². The smallest absolute Gasteiger partial charge is 0.237 e. The number of nitrogens with one attached hydrogen (secondary N) is 1. The number of carbonyl (C=O) groups is 1. The molecule has 1 aromatic rings. The number of phenolic OH excluding ortho intramolecular Hbond substituents is 2. The Bertz CT molecular complexity index is 477. The number of aromatic hydroxyl groups is 2. The molecule has 1 rings (SSSR count). The maximum Gasteiger partial charge on any atom is 0.237 e. The van der Waals surface area contributed by atoms with E-state index in [0.717, 1.165) is 12.8 Å². The molecule has 5 nitrogen and oxygen atoms in total. The minimum absolute atomic E-state index is 0.0896. The average Bonchev–Trinajstić information content (AvgIpc) is 2.42. The van der Waals surface area contributed by atoms with E-state index in [1.165, 1.54) is 12.1 Å². The quantitative estimate of drug-likeness (QED) is 0.578. The lowest BCUT2D eigenvalue weighted by molar-refractivity contribution is -0.123. The maximum atomic E-state index is 12.0. The first-order valence-electron chi connectivity index (χ1n) is 7.40. The molecule has 1 aromatic carbocycles. The van der Waals surface area contributed by atoms with Crippen molar-refractivity contribution < 1.29 is 15.0 Å². The van der Waals surface area contributed by atoms with Crippen molar-refractivity contribution in [3.8, 4) is 11.5 Å². The van der Waals surface area contributed by atoms with Crippen LogP contribution in [0.4, 0.5) is 0 Å². The van der Waals surface area contributed by atoms with E-state index in [0.29, 0.717) is 17.9 Å². The molecule has 0 saturated heterocycles. The standard InChI is InChI=1S/C16H26N2O3/c1-4-10(2)7-11(3)18-16(21)13(17)8-12-5-6-14(19)15(20)9-12/h5-6,9-11,13,19-20H,4,7-8,17H2,1-3H3,(H,18,21)/t10?,11?,13-/m0/s1. The molecule has 0 spiro atoms. The fourth-order valence-corrected chi connectivity index (χ4v) is 2.22. The summed E-state index contributed by atoms with van der Waals surface area (Å²) in [4.78, 5) is 12.0. The van der Waals surface area contributed by atoms with Crippen molar-refractivity contribution in [2.75, 3.05) is 0 Å². The number of phenols is 2. The lowest BCUT2D eigenvalue weighted by Gasteiger charge is -2.20. The van der Waals surface area contributed by atoms with Crippen LogP contribution in [0.25, 0.3) is 0 Å². The van der Waals surface area contributed by atoms with Gasteiger partial charge in [-0.2, -0.15) is 0 Å². The molecule has 0 saturated carbocycles. The van der Waals surface area contributed by atoms with Gasteiger partial charge in [-0.25, -0.2) is 0 Å². The fraction of sp³-hybridized carbons (Fsp3) is 0.562. The Kier molecular flexibility index (Phi) is 6.49. The van der Waals surface area contributed by atoms with Crippen LogP contribution in [-0.4, -0.2) is 28.2 Å². The molecule has 1 amide bonds. The lowest BCUT2D eigenvalue weighted by atomic mass is 9.99. The summed E-state index contributed by atoms with van der Waals surface area (Å²) in [6.45, 7) is 6.26. The van der Waals surface area contributed by atoms with Gasteiger partial charge in [-0.3, -0.25) is 4.79 Å². The van der Waals surface area contributed by atoms with Crippen LogP contribution in [0.1, 0.15) is 39.2 Å². The van der Waals surface area contributed by atoms with E-state index in [1.54, 1.807) is 6.07 Å². The average molecular weight is 294 g/mol. The second-order valence-corrected chi connectivity index (χ2v) is 5.79. The van der Waals surface area contributed by atoms with E-state index >= 15 is 0 Å². The Morgan fingerprint density at radius 2 is 1.95 bits per heavy atom. The molecule has 0 fully saturated rings. The van der Waals surface area contributed by atoms with Crippen LogP contribution in [0, 0.1) is 5.92 Å². The summed E-state index contributed by atoms with van der Waals surface area (Å²) in [6, 6.07) is 3.87. The summed E-state index contributed by atoms with van der Waals surface area (Å²) in [6.07, 6.45) is 2.32. The van der Waals surface area contributed by atoms with Gasteiger partial charge in [0.05, 0.1) is 6.04 Å². The number of hydrogen-bond acceptors (Lipinski definition) is 4. The number of benzene rings is 1. The Morgan fingerprint density at radius 1 is 1.29 bits per heavy atom. The molecule has 2 unspecified atom stereocenters. The van der Waals surface area contributed by atoms with Crippen LogP contribution >= 0.6 is 0 Å². The van der Waals surface area contributed by atoms with Gasteiger partial charge in [0.25, 0.3) is 0 Å². The predicted molar refractivity (Wildman–Crippen MR) is 83.1 cm³/mol. The van der Waals surface area contributed by atoms with Crippen molar-refractivity contribution in [1.82, 2.24) is 5.32 Å². The van der Waals surface area contributed by atoms with Gasteiger partial charge in [-0.15, -0.1) is 0 Å². The zero-order valence-electron chi connectivity index (χ0n) is 13.0. The molecular weight excluding hydrogens is 268 g/mol. The number of carbonyl (C=O) groups excluding carboxylic acids is 1. The molecule has 0 aliphatic rings. The molecule has 5 N–H and O–H groups in total. The maximum absolute atomic E-state index is 12.0. The van der Waals surface area contributed by atoms with Crippen LogP contribution in [0.2, 0.25) is 0 Å². The Labute approximate surface area is 126 Å². The van der Waals surface area contributed by atoms with Gasteiger partial charge in [0, 0.05) is 6.04 Å². The SMILES string of the molecule is CCC(C)CC(C)NC(=O)[C@@H](N)Cc1ccc(O)c(O)c1. The molecule has 5 heteroatoms. The van der Waals surface area contributed by atoms with Crippen LogP contribution in [0.5, 0.6) is 11.5 Å². The van der Waals surface area contributed by atoms with E-state index in [9.17, 15) is 15.0 Å². The van der Waals surface area contributed by atoms with Crippen LogP contribution in [-0.2, 0) is 11.2 Å². The van der Waals surface area contributed by atoms with Crippen molar-refractivity contribution in [2.45, 2.75) is 52.1 Å². The summed E-state index contributed by atoms with van der Waals surface area (Å²) >= 11 is 0. The summed E-state index contributed by atoms with van der Waals surface area (Å²) in [5.41, 5.74) is 6.60. The van der Waals surface area contributed by atoms with Crippen LogP contribution in [0.15, 0.2) is 18.2 Å². The van der Waals surface area contributed by atoms with E-state index in [2.05, 4.69) is 19.2 Å². The van der Waals surface area contributed by atoms with Crippen molar-refractivity contribution in [3.63, 3.8) is 0 Å². The fourth-order valence-electron chi connectivity index (χ4n) is 2.22. The number of amides is 1. The van der Waals surface area contributed by atoms with Gasteiger partial charge in [0.15, 0.2) is 11.5 Å². The zero-order chi connectivity index (χ0) is 16.0. The van der Waals surface area contributed by atoms with Gasteiger partial charge < -0.3 is 21.3 Å². The van der Waals surface area contributed by atoms with E-state index in [4.69, 9.17) is 5.73 Å². The van der Waals surface area contributed by atoms with Crippen molar-refractivity contribution in [1.29, 1.82) is 0 Å². The molecule has 0 heterocycles. The minimum atomic E-state index is -0.673. The molecule has 0 radical (unpaired) electrons. The highest BCUT2D eigenvalue weighted by Gasteiger charge is 2.17. The third-order valence-corrected chi connectivity index (χ3v) is 3.67. The molecule has 21 heavy (non-hydrogen) atoms. The highest BCUT2D eigenvalue weighted by atomic mass is 16.3. The van der Waals surface area contributed by atoms with Gasteiger partial charge in [0.1, 0.15) is 0 Å². The van der Waals surface area contributed by atoms with Crippen molar-refractivity contribution in [3.05, 3.63) is 23.8 Å². The van der Waals surface area contributed by atoms with E-state index in [-0.39, 0.29) is 23.4 Å².